The number of rotatable bonds is 4. The molecule has 2 heterocycles. The normalized spacial score (nSPS) is 20.6. The third kappa shape index (κ3) is 4.02. The Morgan fingerprint density at radius 2 is 1.86 bits per heavy atom. The smallest absolute Gasteiger partial charge is 0.258 e. The number of nitrogens with one attached hydrogen (secondary N) is 2. The molecule has 2 unspecified atom stereocenters. The third-order valence-corrected chi connectivity index (χ3v) is 6.57. The van der Waals surface area contributed by atoms with Gasteiger partial charge in [-0.25, -0.2) is 13.4 Å². The molecule has 0 spiro atoms. The number of anilines is 1. The molecule has 0 radical (unpaired) electrons. The van der Waals surface area contributed by atoms with Crippen molar-refractivity contribution in [3.8, 4) is 0 Å². The maximum absolute atomic E-state index is 13.0. The highest BCUT2D eigenvalue weighted by Gasteiger charge is 2.32. The molecular formula is C20H22N4O4S. The molecule has 8 nitrogen and oxygen atoms in total. The summed E-state index contributed by atoms with van der Waals surface area (Å²) in [6.07, 6.45) is -0.374. The standard InChI is InChI=1S/C20H22N4O4S/c1-13-11-24(12-14(2)28-13)29(26,27)16-7-5-6-15(10-16)19(25)23-20-21-17-8-3-4-9-18(17)22-20/h3-10,13-14H,11-12H2,1-2H3,(H2,21,22,23,25). The second kappa shape index (κ2) is 7.58. The number of H-pyrrole nitrogens is 1. The molecule has 2 N–H and O–H groups in total. The highest BCUT2D eigenvalue weighted by atomic mass is 32.2. The summed E-state index contributed by atoms with van der Waals surface area (Å²) in [5, 5.41) is 2.69. The zero-order valence-corrected chi connectivity index (χ0v) is 16.9. The Kier molecular flexibility index (Phi) is 5.12. The van der Waals surface area contributed by atoms with E-state index < -0.39 is 15.9 Å². The zero-order valence-electron chi connectivity index (χ0n) is 16.1. The summed E-state index contributed by atoms with van der Waals surface area (Å²) in [5.74, 6) is -0.134. The second-order valence-corrected chi connectivity index (χ2v) is 9.10. The second-order valence-electron chi connectivity index (χ2n) is 7.16. The summed E-state index contributed by atoms with van der Waals surface area (Å²) in [7, 11) is -3.73. The Balaban J connectivity index is 1.56. The van der Waals surface area contributed by atoms with Crippen molar-refractivity contribution >= 4 is 32.9 Å². The van der Waals surface area contributed by atoms with Gasteiger partial charge in [-0.2, -0.15) is 4.31 Å². The first-order chi connectivity index (χ1) is 13.8. The number of benzene rings is 2. The number of amides is 1. The largest absolute Gasteiger partial charge is 0.373 e. The monoisotopic (exact) mass is 414 g/mol. The molecule has 1 aliphatic heterocycles. The van der Waals surface area contributed by atoms with Crippen LogP contribution in [0.4, 0.5) is 5.95 Å². The Bertz CT molecular complexity index is 1120. The quantitative estimate of drug-likeness (QED) is 0.683. The lowest BCUT2D eigenvalue weighted by Gasteiger charge is -2.34. The van der Waals surface area contributed by atoms with Crippen LogP contribution in [0.25, 0.3) is 11.0 Å². The number of carbonyl (C=O) groups excluding carboxylic acids is 1. The van der Waals surface area contributed by atoms with Crippen LogP contribution in [0.2, 0.25) is 0 Å². The Hall–Kier alpha value is -2.75. The molecule has 1 amide bonds. The fourth-order valence-electron chi connectivity index (χ4n) is 3.47. The number of para-hydroxylation sites is 2. The minimum atomic E-state index is -3.73. The topological polar surface area (TPSA) is 104 Å². The van der Waals surface area contributed by atoms with Crippen LogP contribution in [-0.2, 0) is 14.8 Å². The lowest BCUT2D eigenvalue weighted by Crippen LogP contribution is -2.48. The van der Waals surface area contributed by atoms with E-state index >= 15 is 0 Å². The van der Waals surface area contributed by atoms with Crippen molar-refractivity contribution < 1.29 is 17.9 Å². The summed E-state index contributed by atoms with van der Waals surface area (Å²) < 4.78 is 33.1. The van der Waals surface area contributed by atoms with E-state index in [0.29, 0.717) is 5.95 Å². The van der Waals surface area contributed by atoms with E-state index in [1.54, 1.807) is 12.1 Å². The molecule has 29 heavy (non-hydrogen) atoms. The molecule has 0 bridgehead atoms. The van der Waals surface area contributed by atoms with Gasteiger partial charge in [0.1, 0.15) is 0 Å². The van der Waals surface area contributed by atoms with Gasteiger partial charge >= 0.3 is 0 Å². The number of imidazole rings is 1. The predicted molar refractivity (Wildman–Crippen MR) is 109 cm³/mol. The molecule has 3 aromatic rings. The fourth-order valence-corrected chi connectivity index (χ4v) is 5.10. The van der Waals surface area contributed by atoms with E-state index in [2.05, 4.69) is 15.3 Å². The molecule has 9 heteroatoms. The van der Waals surface area contributed by atoms with Gasteiger partial charge in [-0.1, -0.05) is 18.2 Å². The van der Waals surface area contributed by atoms with Gasteiger partial charge in [-0.15, -0.1) is 0 Å². The van der Waals surface area contributed by atoms with Crippen molar-refractivity contribution in [1.82, 2.24) is 14.3 Å². The highest BCUT2D eigenvalue weighted by molar-refractivity contribution is 7.89. The molecule has 0 saturated carbocycles. The van der Waals surface area contributed by atoms with Crippen LogP contribution >= 0.6 is 0 Å². The summed E-state index contributed by atoms with van der Waals surface area (Å²) in [5.41, 5.74) is 1.77. The number of aromatic amines is 1. The van der Waals surface area contributed by atoms with Crippen molar-refractivity contribution in [3.63, 3.8) is 0 Å². The van der Waals surface area contributed by atoms with Gasteiger partial charge in [0.2, 0.25) is 16.0 Å². The van der Waals surface area contributed by atoms with Crippen LogP contribution in [0.3, 0.4) is 0 Å². The van der Waals surface area contributed by atoms with Gasteiger partial charge in [0.25, 0.3) is 5.91 Å². The molecule has 4 rings (SSSR count). The summed E-state index contributed by atoms with van der Waals surface area (Å²) in [6, 6.07) is 13.4. The minimum Gasteiger partial charge on any atom is -0.373 e. The highest BCUT2D eigenvalue weighted by Crippen LogP contribution is 2.22. The summed E-state index contributed by atoms with van der Waals surface area (Å²) >= 11 is 0. The molecule has 0 aliphatic carbocycles. The minimum absolute atomic E-state index is 0.0797. The predicted octanol–water partition coefficient (Wildman–Crippen LogP) is 2.61. The maximum Gasteiger partial charge on any atom is 0.258 e. The van der Waals surface area contributed by atoms with Crippen molar-refractivity contribution in [3.05, 3.63) is 54.1 Å². The molecule has 1 fully saturated rings. The van der Waals surface area contributed by atoms with E-state index in [9.17, 15) is 13.2 Å². The van der Waals surface area contributed by atoms with Crippen LogP contribution in [0.1, 0.15) is 24.2 Å². The maximum atomic E-state index is 13.0. The number of aromatic nitrogens is 2. The van der Waals surface area contributed by atoms with E-state index in [1.807, 2.05) is 38.1 Å². The van der Waals surface area contributed by atoms with Crippen LogP contribution in [0, 0.1) is 0 Å². The molecule has 1 aromatic heterocycles. The Labute approximate surface area is 168 Å². The van der Waals surface area contributed by atoms with Crippen LogP contribution < -0.4 is 5.32 Å². The molecule has 1 aliphatic rings. The molecule has 2 aromatic carbocycles. The Morgan fingerprint density at radius 3 is 2.59 bits per heavy atom. The number of hydrogen-bond acceptors (Lipinski definition) is 5. The van der Waals surface area contributed by atoms with Gasteiger partial charge < -0.3 is 9.72 Å². The number of sulfonamides is 1. The number of carbonyl (C=O) groups is 1. The lowest BCUT2D eigenvalue weighted by atomic mass is 10.2. The Morgan fingerprint density at radius 1 is 1.14 bits per heavy atom. The van der Waals surface area contributed by atoms with Crippen molar-refractivity contribution in [2.45, 2.75) is 31.0 Å². The first-order valence-corrected chi connectivity index (χ1v) is 10.8. The van der Waals surface area contributed by atoms with Crippen molar-refractivity contribution in [2.75, 3.05) is 18.4 Å². The van der Waals surface area contributed by atoms with E-state index in [-0.39, 0.29) is 35.8 Å². The summed E-state index contributed by atoms with van der Waals surface area (Å²) in [6.45, 7) is 4.24. The van der Waals surface area contributed by atoms with E-state index in [4.69, 9.17) is 4.74 Å². The first kappa shape index (κ1) is 19.6. The number of morpholine rings is 1. The van der Waals surface area contributed by atoms with Gasteiger partial charge in [-0.3, -0.25) is 10.1 Å². The van der Waals surface area contributed by atoms with E-state index in [1.165, 1.54) is 16.4 Å². The van der Waals surface area contributed by atoms with Crippen molar-refractivity contribution in [2.24, 2.45) is 0 Å². The van der Waals surface area contributed by atoms with Crippen LogP contribution in [0.15, 0.2) is 53.4 Å². The molecular weight excluding hydrogens is 392 g/mol. The number of fused-ring (bicyclic) bond motifs is 1. The summed E-state index contributed by atoms with van der Waals surface area (Å²) in [4.78, 5) is 20.1. The average molecular weight is 414 g/mol. The van der Waals surface area contributed by atoms with Gasteiger partial charge in [-0.05, 0) is 44.2 Å². The number of hydrogen-bond donors (Lipinski definition) is 2. The SMILES string of the molecule is CC1CN(S(=O)(=O)c2cccc(C(=O)Nc3nc4ccccc4[nH]3)c2)CC(C)O1. The first-order valence-electron chi connectivity index (χ1n) is 9.35. The number of nitrogens with zero attached hydrogens (tertiary/aromatic N) is 2. The van der Waals surface area contributed by atoms with E-state index in [0.717, 1.165) is 11.0 Å². The van der Waals surface area contributed by atoms with Gasteiger partial charge in [0, 0.05) is 18.7 Å². The molecule has 152 valence electrons. The van der Waals surface area contributed by atoms with Gasteiger partial charge in [0.15, 0.2) is 0 Å². The molecule has 1 saturated heterocycles. The van der Waals surface area contributed by atoms with Crippen LogP contribution in [0.5, 0.6) is 0 Å². The molecule has 2 atom stereocenters. The third-order valence-electron chi connectivity index (χ3n) is 4.74. The fraction of sp³-hybridized carbons (Fsp3) is 0.300. The van der Waals surface area contributed by atoms with Crippen LogP contribution in [-0.4, -0.2) is 53.9 Å². The average Bonchev–Trinajstić information content (AvgIpc) is 3.09. The van der Waals surface area contributed by atoms with Crippen molar-refractivity contribution in [1.29, 1.82) is 0 Å². The number of ether oxygens (including phenoxy) is 1. The zero-order chi connectivity index (χ0) is 20.6. The lowest BCUT2D eigenvalue weighted by molar-refractivity contribution is -0.0440. The van der Waals surface area contributed by atoms with Gasteiger partial charge in [0.05, 0.1) is 28.1 Å².